The largest absolute Gasteiger partial charge is 0.442 e. The van der Waals surface area contributed by atoms with Gasteiger partial charge in [0.05, 0.1) is 11.7 Å². The predicted molar refractivity (Wildman–Crippen MR) is 106 cm³/mol. The van der Waals surface area contributed by atoms with Crippen LogP contribution >= 0.6 is 0 Å². The number of benzene rings is 2. The van der Waals surface area contributed by atoms with Crippen LogP contribution in [0.15, 0.2) is 48.7 Å². The molecule has 1 aromatic heterocycles. The monoisotopic (exact) mass is 363 g/mol. The first-order valence-corrected chi connectivity index (χ1v) is 9.29. The molecule has 140 valence electrons. The molecule has 27 heavy (non-hydrogen) atoms. The molecule has 1 aliphatic rings. The fourth-order valence-electron chi connectivity index (χ4n) is 3.77. The Bertz CT molecular complexity index is 1000. The lowest BCUT2D eigenvalue weighted by Gasteiger charge is -2.32. The van der Waals surface area contributed by atoms with Gasteiger partial charge in [0.15, 0.2) is 0 Å². The van der Waals surface area contributed by atoms with Crippen molar-refractivity contribution in [2.45, 2.75) is 38.8 Å². The molecule has 5 nitrogen and oxygen atoms in total. The molecule has 0 amide bonds. The summed E-state index contributed by atoms with van der Waals surface area (Å²) in [6, 6.07) is 14.9. The van der Waals surface area contributed by atoms with E-state index in [0.717, 1.165) is 24.0 Å². The Morgan fingerprint density at radius 2 is 1.96 bits per heavy atom. The van der Waals surface area contributed by atoms with Crippen LogP contribution in [-0.4, -0.2) is 40.0 Å². The third-order valence-corrected chi connectivity index (χ3v) is 4.93. The summed E-state index contributed by atoms with van der Waals surface area (Å²) < 4.78 is 6.87. The number of fused-ring (bicyclic) bond motifs is 2. The van der Waals surface area contributed by atoms with E-state index in [9.17, 15) is 4.79 Å². The lowest BCUT2D eigenvalue weighted by atomic mass is 9.84. The van der Waals surface area contributed by atoms with E-state index in [0.29, 0.717) is 0 Å². The summed E-state index contributed by atoms with van der Waals surface area (Å²) in [5.41, 5.74) is 4.13. The van der Waals surface area contributed by atoms with Crippen LogP contribution in [0.2, 0.25) is 0 Å². The number of hydrogen-bond acceptors (Lipinski definition) is 4. The van der Waals surface area contributed by atoms with Crippen molar-refractivity contribution in [1.82, 2.24) is 14.7 Å². The van der Waals surface area contributed by atoms with Crippen molar-refractivity contribution in [2.24, 2.45) is 0 Å². The fourth-order valence-corrected chi connectivity index (χ4v) is 3.77. The van der Waals surface area contributed by atoms with Gasteiger partial charge in [-0.15, -0.1) is 0 Å². The van der Waals surface area contributed by atoms with E-state index in [1.54, 1.807) is 6.20 Å². The summed E-state index contributed by atoms with van der Waals surface area (Å²) in [5, 5.41) is 5.19. The molecule has 2 aromatic carbocycles. The fraction of sp³-hybridized carbons (Fsp3) is 0.364. The van der Waals surface area contributed by atoms with Crippen molar-refractivity contribution in [3.05, 3.63) is 65.4 Å². The van der Waals surface area contributed by atoms with Crippen LogP contribution in [0, 0.1) is 0 Å². The van der Waals surface area contributed by atoms with Crippen LogP contribution < -0.4 is 0 Å². The van der Waals surface area contributed by atoms with Gasteiger partial charge >= 0.3 is 6.09 Å². The highest BCUT2D eigenvalue weighted by atomic mass is 16.6. The van der Waals surface area contributed by atoms with Gasteiger partial charge in [-0.1, -0.05) is 36.4 Å². The zero-order chi connectivity index (χ0) is 19.2. The summed E-state index contributed by atoms with van der Waals surface area (Å²) in [5.74, 6) is 0.270. The minimum atomic E-state index is -0.558. The van der Waals surface area contributed by atoms with Crippen LogP contribution in [0.1, 0.15) is 43.4 Å². The number of aromatic nitrogens is 2. The van der Waals surface area contributed by atoms with Crippen LogP contribution in [0.25, 0.3) is 10.9 Å². The van der Waals surface area contributed by atoms with Gasteiger partial charge in [-0.05, 0) is 50.6 Å². The van der Waals surface area contributed by atoms with E-state index >= 15 is 0 Å². The van der Waals surface area contributed by atoms with Crippen LogP contribution in [0.4, 0.5) is 4.79 Å². The second-order valence-electron chi connectivity index (χ2n) is 8.30. The highest BCUT2D eigenvalue weighted by molar-refractivity contribution is 5.88. The Hall–Kier alpha value is -2.66. The predicted octanol–water partition coefficient (Wildman–Crippen LogP) is 4.40. The summed E-state index contributed by atoms with van der Waals surface area (Å²) >= 11 is 0. The molecule has 0 fully saturated rings. The van der Waals surface area contributed by atoms with Crippen molar-refractivity contribution in [2.75, 3.05) is 13.6 Å². The van der Waals surface area contributed by atoms with Gasteiger partial charge < -0.3 is 9.64 Å². The summed E-state index contributed by atoms with van der Waals surface area (Å²) in [6.07, 6.45) is 1.26. The minimum absolute atomic E-state index is 0.270. The highest BCUT2D eigenvalue weighted by Crippen LogP contribution is 2.34. The first kappa shape index (κ1) is 17.7. The number of carbonyl (C=O) groups excluding carboxylic acids is 1. The third kappa shape index (κ3) is 3.47. The Balaban J connectivity index is 1.76. The molecule has 0 unspecified atom stereocenters. The smallest absolute Gasteiger partial charge is 0.435 e. The van der Waals surface area contributed by atoms with E-state index in [1.165, 1.54) is 21.4 Å². The first-order valence-electron chi connectivity index (χ1n) is 9.29. The van der Waals surface area contributed by atoms with E-state index in [2.05, 4.69) is 53.4 Å². The molecule has 1 atom stereocenters. The molecule has 0 spiro atoms. The standard InChI is InChI=1S/C22H25N3O2/c1-22(2,3)27-21(26)25-20-11-15(9-10-16(20)12-23-25)19-14-24(4)13-17-7-5-6-8-18(17)19/h5-12,19H,13-14H2,1-4H3/t19-/m1/s1. The van der Waals surface area contributed by atoms with Gasteiger partial charge in [-0.3, -0.25) is 0 Å². The average Bonchev–Trinajstić information content (AvgIpc) is 3.02. The Morgan fingerprint density at radius 1 is 1.19 bits per heavy atom. The third-order valence-electron chi connectivity index (χ3n) is 4.93. The molecule has 0 aliphatic carbocycles. The number of hydrogen-bond donors (Lipinski definition) is 0. The van der Waals surface area contributed by atoms with Crippen molar-refractivity contribution < 1.29 is 9.53 Å². The zero-order valence-corrected chi connectivity index (χ0v) is 16.3. The second-order valence-corrected chi connectivity index (χ2v) is 8.30. The summed E-state index contributed by atoms with van der Waals surface area (Å²) in [6.45, 7) is 7.48. The minimum Gasteiger partial charge on any atom is -0.442 e. The van der Waals surface area contributed by atoms with Crippen molar-refractivity contribution in [1.29, 1.82) is 0 Å². The van der Waals surface area contributed by atoms with Crippen LogP contribution in [0.3, 0.4) is 0 Å². The number of carbonyl (C=O) groups is 1. The lowest BCUT2D eigenvalue weighted by Crippen LogP contribution is -2.31. The maximum absolute atomic E-state index is 12.5. The second kappa shape index (κ2) is 6.50. The molecule has 3 aromatic rings. The van der Waals surface area contributed by atoms with Crippen LogP contribution in [0.5, 0.6) is 0 Å². The van der Waals surface area contributed by atoms with Gasteiger partial charge in [0, 0.05) is 24.4 Å². The van der Waals surface area contributed by atoms with Gasteiger partial charge in [0.25, 0.3) is 0 Å². The van der Waals surface area contributed by atoms with Crippen molar-refractivity contribution >= 4 is 17.0 Å². The first-order chi connectivity index (χ1) is 12.8. The van der Waals surface area contributed by atoms with Crippen LogP contribution in [-0.2, 0) is 11.3 Å². The topological polar surface area (TPSA) is 47.4 Å². The molecule has 0 N–H and O–H groups in total. The molecule has 4 rings (SSSR count). The molecule has 0 saturated carbocycles. The molecule has 0 bridgehead atoms. The molecule has 0 radical (unpaired) electrons. The van der Waals surface area contributed by atoms with Crippen molar-refractivity contribution in [3.8, 4) is 0 Å². The van der Waals surface area contributed by atoms with Gasteiger partial charge in [-0.25, -0.2) is 4.79 Å². The average molecular weight is 363 g/mol. The molecule has 0 saturated heterocycles. The van der Waals surface area contributed by atoms with Gasteiger partial charge in [0.2, 0.25) is 0 Å². The summed E-state index contributed by atoms with van der Waals surface area (Å²) in [7, 11) is 2.15. The quantitative estimate of drug-likeness (QED) is 0.643. The maximum Gasteiger partial charge on any atom is 0.435 e. The Morgan fingerprint density at radius 3 is 2.74 bits per heavy atom. The van der Waals surface area contributed by atoms with E-state index in [-0.39, 0.29) is 5.92 Å². The van der Waals surface area contributed by atoms with Gasteiger partial charge in [0.1, 0.15) is 5.60 Å². The van der Waals surface area contributed by atoms with Crippen molar-refractivity contribution in [3.63, 3.8) is 0 Å². The normalized spacial score (nSPS) is 17.7. The molecular weight excluding hydrogens is 338 g/mol. The molecule has 5 heteroatoms. The van der Waals surface area contributed by atoms with E-state index < -0.39 is 11.7 Å². The molecular formula is C22H25N3O2. The number of nitrogens with zero attached hydrogens (tertiary/aromatic N) is 3. The van der Waals surface area contributed by atoms with E-state index in [4.69, 9.17) is 4.74 Å². The zero-order valence-electron chi connectivity index (χ0n) is 16.3. The number of ether oxygens (including phenoxy) is 1. The van der Waals surface area contributed by atoms with E-state index in [1.807, 2.05) is 26.8 Å². The summed E-state index contributed by atoms with van der Waals surface area (Å²) in [4.78, 5) is 14.9. The SMILES string of the molecule is CN1Cc2ccccc2[C@@H](c2ccc3cnn(C(=O)OC(C)(C)C)c3c2)C1. The van der Waals surface area contributed by atoms with Gasteiger partial charge in [-0.2, -0.15) is 9.78 Å². The lowest BCUT2D eigenvalue weighted by molar-refractivity contribution is 0.0522. The highest BCUT2D eigenvalue weighted by Gasteiger charge is 2.26. The Kier molecular flexibility index (Phi) is 4.27. The Labute approximate surface area is 159 Å². The molecule has 1 aliphatic heterocycles. The maximum atomic E-state index is 12.5. The number of rotatable bonds is 1. The number of likely N-dealkylation sites (N-methyl/N-ethyl adjacent to an activating group) is 1. The molecule has 2 heterocycles.